The van der Waals surface area contributed by atoms with E-state index in [1.165, 1.54) is 0 Å². The van der Waals surface area contributed by atoms with Crippen molar-refractivity contribution in [2.45, 2.75) is 0 Å². The van der Waals surface area contributed by atoms with E-state index in [1.807, 2.05) is 0 Å². The Morgan fingerprint density at radius 3 is 2.83 bits per heavy atom. The van der Waals surface area contributed by atoms with E-state index in [1.54, 1.807) is 18.2 Å². The molecule has 12 heavy (non-hydrogen) atoms. The summed E-state index contributed by atoms with van der Waals surface area (Å²) in [6.45, 7) is 3.59. The number of fused-ring (bicyclic) bond motifs is 1. The number of esters is 1. The summed E-state index contributed by atoms with van der Waals surface area (Å²) in [4.78, 5) is 11.1. The highest BCUT2D eigenvalue weighted by atomic mass is 35.5. The lowest BCUT2D eigenvalue weighted by atomic mass is 10.1. The first-order valence-corrected chi connectivity index (χ1v) is 3.77. The van der Waals surface area contributed by atoms with Crippen molar-refractivity contribution >= 4 is 23.3 Å². The van der Waals surface area contributed by atoms with Gasteiger partial charge in [-0.3, -0.25) is 0 Å². The number of halogens is 1. The van der Waals surface area contributed by atoms with E-state index in [2.05, 4.69) is 6.58 Å². The van der Waals surface area contributed by atoms with Crippen molar-refractivity contribution in [3.8, 4) is 0 Å². The first kappa shape index (κ1) is 7.37. The normalized spacial score (nSPS) is 14.4. The molecule has 1 aliphatic rings. The largest absolute Gasteiger partial charge is 0.423 e. The van der Waals surface area contributed by atoms with Crippen LogP contribution in [-0.2, 0) is 4.74 Å². The molecule has 0 spiro atoms. The van der Waals surface area contributed by atoms with Gasteiger partial charge in [-0.15, -0.1) is 0 Å². The van der Waals surface area contributed by atoms with E-state index in [9.17, 15) is 4.79 Å². The van der Waals surface area contributed by atoms with Crippen LogP contribution in [0.2, 0.25) is 5.02 Å². The Bertz CT molecular complexity index is 382. The maximum Gasteiger partial charge on any atom is 0.344 e. The molecule has 1 aromatic rings. The number of hydrogen-bond acceptors (Lipinski definition) is 2. The monoisotopic (exact) mass is 180 g/mol. The van der Waals surface area contributed by atoms with Crippen molar-refractivity contribution in [2.24, 2.45) is 0 Å². The minimum Gasteiger partial charge on any atom is -0.423 e. The number of ether oxygens (including phenoxy) is 1. The number of hydrogen-bond donors (Lipinski definition) is 0. The van der Waals surface area contributed by atoms with Crippen molar-refractivity contribution < 1.29 is 9.53 Å². The highest BCUT2D eigenvalue weighted by Gasteiger charge is 2.24. The molecule has 0 N–H and O–H groups in total. The van der Waals surface area contributed by atoms with Crippen LogP contribution in [0.1, 0.15) is 15.9 Å². The van der Waals surface area contributed by atoms with Crippen LogP contribution < -0.4 is 0 Å². The van der Waals surface area contributed by atoms with Gasteiger partial charge in [0.1, 0.15) is 5.76 Å². The number of benzene rings is 1. The Hall–Kier alpha value is -1.28. The van der Waals surface area contributed by atoms with Crippen LogP contribution in [0.15, 0.2) is 24.8 Å². The number of rotatable bonds is 0. The molecule has 1 heterocycles. The Morgan fingerprint density at radius 2 is 2.08 bits per heavy atom. The predicted octanol–water partition coefficient (Wildman–Crippen LogP) is 2.48. The summed E-state index contributed by atoms with van der Waals surface area (Å²) in [5.41, 5.74) is 1.22. The zero-order chi connectivity index (χ0) is 8.72. The maximum atomic E-state index is 11.1. The van der Waals surface area contributed by atoms with E-state index < -0.39 is 0 Å². The molecule has 0 saturated carbocycles. The van der Waals surface area contributed by atoms with Gasteiger partial charge in [0.2, 0.25) is 0 Å². The summed E-state index contributed by atoms with van der Waals surface area (Å²) in [7, 11) is 0. The topological polar surface area (TPSA) is 26.3 Å². The van der Waals surface area contributed by atoms with Crippen LogP contribution >= 0.6 is 11.6 Å². The molecule has 0 bridgehead atoms. The fourth-order valence-electron chi connectivity index (χ4n) is 1.15. The van der Waals surface area contributed by atoms with Gasteiger partial charge in [-0.2, -0.15) is 0 Å². The molecule has 0 radical (unpaired) electrons. The summed E-state index contributed by atoms with van der Waals surface area (Å²) >= 11 is 5.70. The van der Waals surface area contributed by atoms with Crippen molar-refractivity contribution in [3.63, 3.8) is 0 Å². The van der Waals surface area contributed by atoms with Crippen molar-refractivity contribution in [2.75, 3.05) is 0 Å². The van der Waals surface area contributed by atoms with Crippen molar-refractivity contribution in [1.82, 2.24) is 0 Å². The Morgan fingerprint density at radius 1 is 1.33 bits per heavy atom. The third-order valence-electron chi connectivity index (χ3n) is 1.72. The summed E-state index contributed by atoms with van der Waals surface area (Å²) in [6.07, 6.45) is 0. The first-order chi connectivity index (χ1) is 5.68. The third-order valence-corrected chi connectivity index (χ3v) is 1.95. The fourth-order valence-corrected chi connectivity index (χ4v) is 1.32. The Labute approximate surface area is 74.4 Å². The van der Waals surface area contributed by atoms with E-state index in [0.717, 1.165) is 5.56 Å². The van der Waals surface area contributed by atoms with Crippen LogP contribution in [0.3, 0.4) is 0 Å². The SMILES string of the molecule is C=C1OC(=O)c2cc(Cl)ccc21. The lowest BCUT2D eigenvalue weighted by molar-refractivity contribution is 0.0716. The minimum absolute atomic E-state index is 0.377. The van der Waals surface area contributed by atoms with E-state index >= 15 is 0 Å². The van der Waals surface area contributed by atoms with Gasteiger partial charge >= 0.3 is 5.97 Å². The molecule has 0 aliphatic carbocycles. The zero-order valence-electron chi connectivity index (χ0n) is 6.13. The van der Waals surface area contributed by atoms with Crippen LogP contribution in [0, 0.1) is 0 Å². The number of carbonyl (C=O) groups is 1. The molecule has 0 aromatic heterocycles. The van der Waals surface area contributed by atoms with Gasteiger partial charge in [-0.1, -0.05) is 18.2 Å². The van der Waals surface area contributed by atoms with Gasteiger partial charge in [-0.05, 0) is 18.2 Å². The van der Waals surface area contributed by atoms with E-state index in [-0.39, 0.29) is 5.97 Å². The van der Waals surface area contributed by atoms with Crippen LogP contribution in [0.4, 0.5) is 0 Å². The lowest BCUT2D eigenvalue weighted by Gasteiger charge is -1.93. The van der Waals surface area contributed by atoms with E-state index in [4.69, 9.17) is 16.3 Å². The Kier molecular flexibility index (Phi) is 1.45. The molecule has 0 amide bonds. The molecule has 0 unspecified atom stereocenters. The van der Waals surface area contributed by atoms with Crippen LogP contribution in [0.5, 0.6) is 0 Å². The van der Waals surface area contributed by atoms with Gasteiger partial charge in [0.05, 0.1) is 5.56 Å². The molecule has 0 saturated heterocycles. The summed E-state index contributed by atoms with van der Waals surface area (Å²) < 4.78 is 4.79. The van der Waals surface area contributed by atoms with Crippen LogP contribution in [-0.4, -0.2) is 5.97 Å². The molecule has 1 aliphatic heterocycles. The van der Waals surface area contributed by atoms with Crippen LogP contribution in [0.25, 0.3) is 5.76 Å². The average molecular weight is 181 g/mol. The first-order valence-electron chi connectivity index (χ1n) is 3.39. The van der Waals surface area contributed by atoms with Crippen molar-refractivity contribution in [1.29, 1.82) is 0 Å². The number of cyclic esters (lactones) is 1. The standard InChI is InChI=1S/C9H5ClO2/c1-5-7-3-2-6(10)4-8(7)9(11)12-5/h2-4H,1H2. The molecule has 0 atom stereocenters. The molecule has 0 fully saturated rings. The van der Waals surface area contributed by atoms with Gasteiger partial charge in [0.15, 0.2) is 0 Å². The molecular formula is C9H5ClO2. The maximum absolute atomic E-state index is 11.1. The third kappa shape index (κ3) is 0.924. The molecule has 60 valence electrons. The molecule has 1 aromatic carbocycles. The quantitative estimate of drug-likeness (QED) is 0.574. The summed E-state index contributed by atoms with van der Waals surface area (Å²) in [5, 5.41) is 0.528. The van der Waals surface area contributed by atoms with Crippen molar-refractivity contribution in [3.05, 3.63) is 40.9 Å². The molecule has 2 nitrogen and oxygen atoms in total. The lowest BCUT2D eigenvalue weighted by Crippen LogP contribution is -1.92. The highest BCUT2D eigenvalue weighted by molar-refractivity contribution is 6.31. The van der Waals surface area contributed by atoms with Gasteiger partial charge < -0.3 is 4.74 Å². The molecule has 2 rings (SSSR count). The van der Waals surface area contributed by atoms with Gasteiger partial charge in [-0.25, -0.2) is 4.79 Å². The highest BCUT2D eigenvalue weighted by Crippen LogP contribution is 2.29. The molecular weight excluding hydrogens is 176 g/mol. The number of carbonyl (C=O) groups excluding carboxylic acids is 1. The van der Waals surface area contributed by atoms with Gasteiger partial charge in [0.25, 0.3) is 0 Å². The fraction of sp³-hybridized carbons (Fsp3) is 0. The second kappa shape index (κ2) is 2.35. The summed E-state index contributed by atoms with van der Waals surface area (Å²) in [6, 6.07) is 5.01. The molecule has 3 heteroatoms. The minimum atomic E-state index is -0.377. The second-order valence-corrected chi connectivity index (χ2v) is 2.94. The Balaban J connectivity index is 2.68. The average Bonchev–Trinajstić information content (AvgIpc) is 2.28. The predicted molar refractivity (Wildman–Crippen MR) is 45.9 cm³/mol. The second-order valence-electron chi connectivity index (χ2n) is 2.50. The van der Waals surface area contributed by atoms with E-state index in [0.29, 0.717) is 16.3 Å². The smallest absolute Gasteiger partial charge is 0.344 e. The zero-order valence-corrected chi connectivity index (χ0v) is 6.89. The summed E-state index contributed by atoms with van der Waals surface area (Å²) in [5.74, 6) is 0.0177. The van der Waals surface area contributed by atoms with Gasteiger partial charge in [0, 0.05) is 10.6 Å².